The molecule has 1 aromatic heterocycles. The number of fused-ring (bicyclic) bond motifs is 1. The van der Waals surface area contributed by atoms with Gasteiger partial charge in [0.15, 0.2) is 0 Å². The SMILES string of the molecule is COCCCn1c(C2CCCN(C(=O)CC(N)CNC(=O)Nc3ccccc3OC)C2)nc2ccccc21. The van der Waals surface area contributed by atoms with Crippen LogP contribution in [0.15, 0.2) is 48.5 Å². The molecular weight excluding hydrogens is 484 g/mol. The zero-order chi connectivity index (χ0) is 26.9. The minimum absolute atomic E-state index is 0.00354. The third-order valence-corrected chi connectivity index (χ3v) is 6.87. The summed E-state index contributed by atoms with van der Waals surface area (Å²) in [6.07, 6.45) is 2.94. The Labute approximate surface area is 223 Å². The first-order chi connectivity index (χ1) is 18.5. The second kappa shape index (κ2) is 13.3. The van der Waals surface area contributed by atoms with Crippen LogP contribution in [-0.2, 0) is 16.1 Å². The summed E-state index contributed by atoms with van der Waals surface area (Å²) in [6.45, 7) is 3.00. The fraction of sp³-hybridized carbons (Fsp3) is 0.464. The van der Waals surface area contributed by atoms with Crippen LogP contribution in [0.4, 0.5) is 10.5 Å². The summed E-state index contributed by atoms with van der Waals surface area (Å²) in [7, 11) is 3.26. The average molecular weight is 523 g/mol. The molecule has 2 unspecified atom stereocenters. The van der Waals surface area contributed by atoms with Crippen LogP contribution in [0.2, 0.25) is 0 Å². The number of carbonyl (C=O) groups excluding carboxylic acids is 2. The van der Waals surface area contributed by atoms with Gasteiger partial charge in [-0.15, -0.1) is 0 Å². The summed E-state index contributed by atoms with van der Waals surface area (Å²) in [4.78, 5) is 32.3. The topological polar surface area (TPSA) is 124 Å². The van der Waals surface area contributed by atoms with Gasteiger partial charge < -0.3 is 35.3 Å². The number of nitrogens with two attached hydrogens (primary N) is 1. The molecule has 2 heterocycles. The minimum Gasteiger partial charge on any atom is -0.495 e. The molecule has 4 N–H and O–H groups in total. The monoisotopic (exact) mass is 522 g/mol. The maximum Gasteiger partial charge on any atom is 0.319 e. The van der Waals surface area contributed by atoms with E-state index >= 15 is 0 Å². The van der Waals surface area contributed by atoms with Gasteiger partial charge in [-0.2, -0.15) is 0 Å². The third kappa shape index (κ3) is 6.81. The van der Waals surface area contributed by atoms with Crippen molar-refractivity contribution >= 4 is 28.7 Å². The normalized spacial score (nSPS) is 16.3. The fourth-order valence-corrected chi connectivity index (χ4v) is 4.99. The van der Waals surface area contributed by atoms with Gasteiger partial charge >= 0.3 is 6.03 Å². The number of aryl methyl sites for hydroxylation is 1. The maximum absolute atomic E-state index is 13.1. The largest absolute Gasteiger partial charge is 0.495 e. The Morgan fingerprint density at radius 2 is 1.95 bits per heavy atom. The van der Waals surface area contributed by atoms with E-state index in [1.165, 1.54) is 0 Å². The van der Waals surface area contributed by atoms with Crippen molar-refractivity contribution in [2.75, 3.05) is 45.8 Å². The van der Waals surface area contributed by atoms with Crippen molar-refractivity contribution in [2.24, 2.45) is 5.73 Å². The number of piperidine rings is 1. The standard InChI is InChI=1S/C28H38N6O4/c1-37-16-8-15-34-24-12-5-3-10-22(24)31-27(34)20-9-7-14-33(19-20)26(35)17-21(29)18-30-28(36)32-23-11-4-6-13-25(23)38-2/h3-6,10-13,20-21H,7-9,14-19,29H2,1-2H3,(H2,30,32,36). The van der Waals surface area contributed by atoms with Crippen molar-refractivity contribution in [1.29, 1.82) is 0 Å². The van der Waals surface area contributed by atoms with Crippen LogP contribution in [0.5, 0.6) is 5.75 Å². The number of ether oxygens (including phenoxy) is 2. The number of anilines is 1. The molecule has 3 amide bonds. The number of hydrogen-bond donors (Lipinski definition) is 3. The van der Waals surface area contributed by atoms with Gasteiger partial charge in [-0.3, -0.25) is 4.79 Å². The van der Waals surface area contributed by atoms with Crippen molar-refractivity contribution in [2.45, 2.75) is 44.2 Å². The zero-order valence-electron chi connectivity index (χ0n) is 22.2. The van der Waals surface area contributed by atoms with E-state index in [0.717, 1.165) is 42.7 Å². The van der Waals surface area contributed by atoms with Crippen LogP contribution in [-0.4, -0.2) is 72.9 Å². The average Bonchev–Trinajstić information content (AvgIpc) is 3.31. The smallest absolute Gasteiger partial charge is 0.319 e. The van der Waals surface area contributed by atoms with Crippen molar-refractivity contribution in [1.82, 2.24) is 19.8 Å². The van der Waals surface area contributed by atoms with Crippen LogP contribution in [0.3, 0.4) is 0 Å². The number of benzene rings is 2. The Morgan fingerprint density at radius 3 is 2.76 bits per heavy atom. The Morgan fingerprint density at radius 1 is 1.16 bits per heavy atom. The van der Waals surface area contributed by atoms with Gasteiger partial charge in [0, 0.05) is 58.3 Å². The highest BCUT2D eigenvalue weighted by Gasteiger charge is 2.29. The highest BCUT2D eigenvalue weighted by molar-refractivity contribution is 5.91. The molecule has 10 heteroatoms. The fourth-order valence-electron chi connectivity index (χ4n) is 4.99. The summed E-state index contributed by atoms with van der Waals surface area (Å²) < 4.78 is 12.8. The molecule has 204 valence electrons. The lowest BCUT2D eigenvalue weighted by atomic mass is 9.96. The Kier molecular flexibility index (Phi) is 9.56. The molecule has 1 aliphatic rings. The predicted octanol–water partition coefficient (Wildman–Crippen LogP) is 3.33. The number of para-hydroxylation sites is 4. The lowest BCUT2D eigenvalue weighted by molar-refractivity contribution is -0.132. The lowest BCUT2D eigenvalue weighted by Crippen LogP contribution is -2.45. The number of aromatic nitrogens is 2. The molecule has 0 radical (unpaired) electrons. The van der Waals surface area contributed by atoms with Crippen LogP contribution in [0.25, 0.3) is 11.0 Å². The van der Waals surface area contributed by atoms with Gasteiger partial charge in [-0.05, 0) is 43.5 Å². The number of urea groups is 1. The molecule has 0 saturated carbocycles. The second-order valence-electron chi connectivity index (χ2n) is 9.64. The number of amides is 3. The van der Waals surface area contributed by atoms with E-state index in [1.54, 1.807) is 26.4 Å². The van der Waals surface area contributed by atoms with Gasteiger partial charge in [0.1, 0.15) is 11.6 Å². The quantitative estimate of drug-likeness (QED) is 0.332. The minimum atomic E-state index is -0.495. The van der Waals surface area contributed by atoms with Crippen molar-refractivity contribution in [3.05, 3.63) is 54.4 Å². The van der Waals surface area contributed by atoms with Gasteiger partial charge in [-0.25, -0.2) is 9.78 Å². The Bertz CT molecular complexity index is 1230. The van der Waals surface area contributed by atoms with Crippen LogP contribution < -0.4 is 21.1 Å². The number of likely N-dealkylation sites (tertiary alicyclic amines) is 1. The first-order valence-corrected chi connectivity index (χ1v) is 13.2. The van der Waals surface area contributed by atoms with Gasteiger partial charge in [0.05, 0.1) is 23.8 Å². The zero-order valence-corrected chi connectivity index (χ0v) is 22.2. The second-order valence-corrected chi connectivity index (χ2v) is 9.64. The Balaban J connectivity index is 1.33. The molecule has 10 nitrogen and oxygen atoms in total. The summed E-state index contributed by atoms with van der Waals surface area (Å²) in [6, 6.07) is 14.4. The number of rotatable bonds is 11. The van der Waals surface area contributed by atoms with Crippen molar-refractivity contribution in [3.63, 3.8) is 0 Å². The summed E-state index contributed by atoms with van der Waals surface area (Å²) >= 11 is 0. The van der Waals surface area contributed by atoms with Crippen LogP contribution in [0, 0.1) is 0 Å². The molecule has 3 aromatic rings. The number of imidazole rings is 1. The highest BCUT2D eigenvalue weighted by atomic mass is 16.5. The van der Waals surface area contributed by atoms with E-state index in [1.807, 2.05) is 35.2 Å². The van der Waals surface area contributed by atoms with Crippen molar-refractivity contribution in [3.8, 4) is 5.75 Å². The number of nitrogens with zero attached hydrogens (tertiary/aromatic N) is 3. The number of nitrogens with one attached hydrogen (secondary N) is 2. The predicted molar refractivity (Wildman–Crippen MR) is 147 cm³/mol. The van der Waals surface area contributed by atoms with E-state index in [-0.39, 0.29) is 24.8 Å². The molecule has 2 aromatic carbocycles. The van der Waals surface area contributed by atoms with Gasteiger partial charge in [-0.1, -0.05) is 24.3 Å². The van der Waals surface area contributed by atoms with E-state index in [0.29, 0.717) is 31.1 Å². The molecule has 4 rings (SSSR count). The molecule has 0 bridgehead atoms. The summed E-state index contributed by atoms with van der Waals surface area (Å²) in [5.41, 5.74) is 8.87. The molecular formula is C28H38N6O4. The summed E-state index contributed by atoms with van der Waals surface area (Å²) in [5.74, 6) is 1.74. The number of carbonyl (C=O) groups is 2. The first-order valence-electron chi connectivity index (χ1n) is 13.2. The highest BCUT2D eigenvalue weighted by Crippen LogP contribution is 2.30. The third-order valence-electron chi connectivity index (χ3n) is 6.87. The van der Waals surface area contributed by atoms with E-state index in [4.69, 9.17) is 20.2 Å². The number of hydrogen-bond acceptors (Lipinski definition) is 6. The van der Waals surface area contributed by atoms with Gasteiger partial charge in [0.25, 0.3) is 0 Å². The molecule has 1 aliphatic heterocycles. The van der Waals surface area contributed by atoms with Crippen molar-refractivity contribution < 1.29 is 19.1 Å². The van der Waals surface area contributed by atoms with E-state index in [2.05, 4.69) is 21.3 Å². The van der Waals surface area contributed by atoms with E-state index < -0.39 is 12.1 Å². The molecule has 2 atom stereocenters. The molecule has 1 saturated heterocycles. The Hall–Kier alpha value is -3.63. The summed E-state index contributed by atoms with van der Waals surface area (Å²) in [5, 5.41) is 5.50. The molecule has 1 fully saturated rings. The molecule has 0 spiro atoms. The lowest BCUT2D eigenvalue weighted by Gasteiger charge is -2.33. The maximum atomic E-state index is 13.1. The van der Waals surface area contributed by atoms with Crippen LogP contribution in [0.1, 0.15) is 37.4 Å². The first kappa shape index (κ1) is 27.4. The number of methoxy groups -OCH3 is 2. The molecule has 38 heavy (non-hydrogen) atoms. The molecule has 0 aliphatic carbocycles. The van der Waals surface area contributed by atoms with E-state index in [9.17, 15) is 9.59 Å². The van der Waals surface area contributed by atoms with Gasteiger partial charge in [0.2, 0.25) is 5.91 Å². The van der Waals surface area contributed by atoms with Crippen LogP contribution >= 0.6 is 0 Å².